The van der Waals surface area contributed by atoms with E-state index >= 15 is 0 Å². The number of nitrogens with one attached hydrogen (secondary N) is 1. The molecule has 1 spiro atoms. The van der Waals surface area contributed by atoms with Crippen LogP contribution in [0, 0.1) is 5.92 Å². The van der Waals surface area contributed by atoms with Gasteiger partial charge in [-0.25, -0.2) is 0 Å². The van der Waals surface area contributed by atoms with E-state index in [1.807, 2.05) is 66.7 Å². The number of ether oxygens (including phenoxy) is 1. The van der Waals surface area contributed by atoms with E-state index in [0.29, 0.717) is 17.3 Å². The first kappa shape index (κ1) is 19.6. The van der Waals surface area contributed by atoms with Crippen LogP contribution in [0.5, 0.6) is 5.75 Å². The normalized spacial score (nSPS) is 25.3. The molecule has 158 valence electrons. The SMILES string of the molecule is O=C1Oc2ccc(Br)cc2[C@@H]2[C@H]1C(=S)N[C@]21C(=O)N(Cc2ccccc2)c2ccccc21. The summed E-state index contributed by atoms with van der Waals surface area (Å²) >= 11 is 9.15. The Kier molecular flexibility index (Phi) is 4.29. The van der Waals surface area contributed by atoms with E-state index in [2.05, 4.69) is 21.2 Å². The fourth-order valence-electron chi connectivity index (χ4n) is 5.26. The molecule has 1 fully saturated rings. The van der Waals surface area contributed by atoms with Crippen LogP contribution in [-0.2, 0) is 21.7 Å². The average Bonchev–Trinajstić information content (AvgIpc) is 3.24. The highest BCUT2D eigenvalue weighted by Gasteiger charge is 2.66. The first-order valence-electron chi connectivity index (χ1n) is 10.3. The Morgan fingerprint density at radius 3 is 2.59 bits per heavy atom. The molecule has 0 saturated carbocycles. The lowest BCUT2D eigenvalue weighted by Crippen LogP contribution is -2.51. The molecule has 3 aliphatic heterocycles. The predicted molar refractivity (Wildman–Crippen MR) is 127 cm³/mol. The highest BCUT2D eigenvalue weighted by molar-refractivity contribution is 9.10. The van der Waals surface area contributed by atoms with E-state index in [0.717, 1.165) is 26.9 Å². The molecular formula is C25H17BrN2O3S. The number of thiocarbonyl (C=S) groups is 1. The van der Waals surface area contributed by atoms with Gasteiger partial charge in [-0.2, -0.15) is 0 Å². The van der Waals surface area contributed by atoms with Gasteiger partial charge in [0.05, 0.1) is 17.2 Å². The molecule has 0 bridgehead atoms. The summed E-state index contributed by atoms with van der Waals surface area (Å²) in [5, 5.41) is 3.31. The number of carbonyl (C=O) groups is 2. The molecule has 5 nitrogen and oxygen atoms in total. The minimum absolute atomic E-state index is 0.113. The average molecular weight is 505 g/mol. The van der Waals surface area contributed by atoms with Crippen molar-refractivity contribution in [3.63, 3.8) is 0 Å². The number of fused-ring (bicyclic) bond motifs is 6. The van der Waals surface area contributed by atoms with Crippen molar-refractivity contribution in [3.05, 3.63) is 94.0 Å². The van der Waals surface area contributed by atoms with Gasteiger partial charge < -0.3 is 15.0 Å². The van der Waals surface area contributed by atoms with E-state index in [-0.39, 0.29) is 5.91 Å². The van der Waals surface area contributed by atoms with E-state index in [4.69, 9.17) is 17.0 Å². The van der Waals surface area contributed by atoms with E-state index in [1.165, 1.54) is 0 Å². The fourth-order valence-corrected chi connectivity index (χ4v) is 6.03. The molecule has 7 heteroatoms. The number of rotatable bonds is 2. The summed E-state index contributed by atoms with van der Waals surface area (Å²) in [6, 6.07) is 23.1. The number of benzene rings is 3. The smallest absolute Gasteiger partial charge is 0.322 e. The van der Waals surface area contributed by atoms with E-state index in [9.17, 15) is 9.59 Å². The lowest BCUT2D eigenvalue weighted by molar-refractivity contribution is -0.139. The number of hydrogen-bond acceptors (Lipinski definition) is 4. The lowest BCUT2D eigenvalue weighted by atomic mass is 9.71. The van der Waals surface area contributed by atoms with Crippen molar-refractivity contribution in [1.29, 1.82) is 0 Å². The summed E-state index contributed by atoms with van der Waals surface area (Å²) in [5.41, 5.74) is 2.31. The molecule has 0 unspecified atom stereocenters. The Morgan fingerprint density at radius 2 is 1.78 bits per heavy atom. The van der Waals surface area contributed by atoms with Crippen LogP contribution in [0.15, 0.2) is 77.3 Å². The first-order valence-corrected chi connectivity index (χ1v) is 11.5. The summed E-state index contributed by atoms with van der Waals surface area (Å²) in [5.74, 6) is -1.29. The molecule has 1 amide bonds. The second kappa shape index (κ2) is 6.98. The number of esters is 1. The Hall–Kier alpha value is -3.03. The van der Waals surface area contributed by atoms with Crippen molar-refractivity contribution in [1.82, 2.24) is 5.32 Å². The number of nitrogens with zero attached hydrogens (tertiary/aromatic N) is 1. The van der Waals surface area contributed by atoms with E-state index in [1.54, 1.807) is 11.0 Å². The molecule has 1 N–H and O–H groups in total. The standard InChI is InChI=1S/C25H17BrN2O3S/c26-15-10-11-19-16(12-15)21-20(23(29)31-19)22(32)27-25(21)17-8-4-5-9-18(17)28(24(25)30)13-14-6-2-1-3-7-14/h1-12,20-21H,13H2,(H,27,32)/t20-,21+,25-/m0/s1. The summed E-state index contributed by atoms with van der Waals surface area (Å²) in [6.07, 6.45) is 0. The zero-order valence-electron chi connectivity index (χ0n) is 16.7. The molecule has 6 rings (SSSR count). The quantitative estimate of drug-likeness (QED) is 0.317. The van der Waals surface area contributed by atoms with Crippen LogP contribution >= 0.6 is 28.1 Å². The summed E-state index contributed by atoms with van der Waals surface area (Å²) in [6.45, 7) is 0.431. The number of hydrogen-bond donors (Lipinski definition) is 1. The molecule has 32 heavy (non-hydrogen) atoms. The van der Waals surface area contributed by atoms with Crippen molar-refractivity contribution in [2.75, 3.05) is 4.90 Å². The summed E-state index contributed by atoms with van der Waals surface area (Å²) in [7, 11) is 0. The van der Waals surface area contributed by atoms with Crippen molar-refractivity contribution in [2.24, 2.45) is 5.92 Å². The van der Waals surface area contributed by atoms with Gasteiger partial charge in [-0.3, -0.25) is 9.59 Å². The van der Waals surface area contributed by atoms with Gasteiger partial charge in [0, 0.05) is 21.5 Å². The maximum absolute atomic E-state index is 14.2. The molecule has 3 heterocycles. The van der Waals surface area contributed by atoms with E-state index < -0.39 is 23.3 Å². The first-order chi connectivity index (χ1) is 15.5. The number of carbonyl (C=O) groups excluding carboxylic acids is 2. The van der Waals surface area contributed by atoms with Gasteiger partial charge in [0.1, 0.15) is 11.7 Å². The molecule has 0 radical (unpaired) electrons. The third-order valence-electron chi connectivity index (χ3n) is 6.56. The number of anilines is 1. The third-order valence-corrected chi connectivity index (χ3v) is 7.41. The molecule has 0 aliphatic carbocycles. The Bertz CT molecular complexity index is 1310. The fraction of sp³-hybridized carbons (Fsp3) is 0.160. The second-order valence-corrected chi connectivity index (χ2v) is 9.61. The third kappa shape index (κ3) is 2.58. The van der Waals surface area contributed by atoms with Crippen molar-refractivity contribution >= 4 is 50.7 Å². The van der Waals surface area contributed by atoms with Crippen LogP contribution in [0.1, 0.15) is 22.6 Å². The number of amides is 1. The molecule has 1 saturated heterocycles. The molecular weight excluding hydrogens is 488 g/mol. The second-order valence-electron chi connectivity index (χ2n) is 8.25. The summed E-state index contributed by atoms with van der Waals surface area (Å²) < 4.78 is 6.46. The Morgan fingerprint density at radius 1 is 1.03 bits per heavy atom. The lowest BCUT2D eigenvalue weighted by Gasteiger charge is -2.35. The predicted octanol–water partition coefficient (Wildman–Crippen LogP) is 4.44. The van der Waals surface area contributed by atoms with Crippen molar-refractivity contribution < 1.29 is 14.3 Å². The van der Waals surface area contributed by atoms with Crippen LogP contribution in [0.2, 0.25) is 0 Å². The number of halogens is 1. The minimum Gasteiger partial charge on any atom is -0.426 e. The summed E-state index contributed by atoms with van der Waals surface area (Å²) in [4.78, 5) is 29.3. The molecule has 3 atom stereocenters. The zero-order chi connectivity index (χ0) is 22.0. The Balaban J connectivity index is 1.57. The number of para-hydroxylation sites is 1. The highest BCUT2D eigenvalue weighted by Crippen LogP contribution is 2.58. The van der Waals surface area contributed by atoms with Gasteiger partial charge in [0.25, 0.3) is 5.91 Å². The monoisotopic (exact) mass is 504 g/mol. The van der Waals surface area contributed by atoms with Crippen LogP contribution < -0.4 is 15.0 Å². The molecule has 3 aromatic rings. The molecule has 3 aliphatic rings. The maximum Gasteiger partial charge on any atom is 0.322 e. The maximum atomic E-state index is 14.2. The largest absolute Gasteiger partial charge is 0.426 e. The minimum atomic E-state index is -1.16. The van der Waals surface area contributed by atoms with Gasteiger partial charge in [-0.05, 0) is 29.8 Å². The molecule has 0 aromatic heterocycles. The van der Waals surface area contributed by atoms with Crippen LogP contribution in [-0.4, -0.2) is 16.9 Å². The van der Waals surface area contributed by atoms with Gasteiger partial charge >= 0.3 is 5.97 Å². The van der Waals surface area contributed by atoms with Crippen LogP contribution in [0.3, 0.4) is 0 Å². The van der Waals surface area contributed by atoms with Gasteiger partial charge in [-0.15, -0.1) is 0 Å². The van der Waals surface area contributed by atoms with Gasteiger partial charge in [0.15, 0.2) is 5.54 Å². The van der Waals surface area contributed by atoms with Crippen LogP contribution in [0.4, 0.5) is 5.69 Å². The van der Waals surface area contributed by atoms with Crippen LogP contribution in [0.25, 0.3) is 0 Å². The molecule has 3 aromatic carbocycles. The zero-order valence-corrected chi connectivity index (χ0v) is 19.2. The van der Waals surface area contributed by atoms with Crippen molar-refractivity contribution in [2.45, 2.75) is 18.0 Å². The Labute approximate surface area is 198 Å². The van der Waals surface area contributed by atoms with Gasteiger partial charge in [0.2, 0.25) is 0 Å². The highest BCUT2D eigenvalue weighted by atomic mass is 79.9. The topological polar surface area (TPSA) is 58.6 Å². The van der Waals surface area contributed by atoms with Gasteiger partial charge in [-0.1, -0.05) is 76.7 Å². The van der Waals surface area contributed by atoms with Crippen molar-refractivity contribution in [3.8, 4) is 5.75 Å².